The number of aromatic amines is 1. The summed E-state index contributed by atoms with van der Waals surface area (Å²) in [7, 11) is -3.57. The highest BCUT2D eigenvalue weighted by Crippen LogP contribution is 2.14. The number of imidazole rings is 1. The van der Waals surface area contributed by atoms with Gasteiger partial charge in [0.05, 0.1) is 11.0 Å². The lowest BCUT2D eigenvalue weighted by Gasteiger charge is -2.10. The molecule has 0 unspecified atom stereocenters. The molecular weight excluding hydrogens is 264 g/mol. The molecule has 19 heavy (non-hydrogen) atoms. The first-order chi connectivity index (χ1) is 9.15. The predicted molar refractivity (Wildman–Crippen MR) is 72.3 cm³/mol. The van der Waals surface area contributed by atoms with Gasteiger partial charge in [0.25, 0.3) is 10.0 Å². The molecule has 1 aromatic carbocycles. The van der Waals surface area contributed by atoms with Gasteiger partial charge in [-0.15, -0.1) is 0 Å². The minimum atomic E-state index is -3.57. The smallest absolute Gasteiger partial charge is 0.274 e. The second-order valence-electron chi connectivity index (χ2n) is 4.70. The first-order valence-corrected chi connectivity index (χ1v) is 7.81. The number of benzene rings is 1. The lowest BCUT2D eigenvalue weighted by atomic mass is 10.2. The van der Waals surface area contributed by atoms with Gasteiger partial charge in [-0.2, -0.15) is 0 Å². The summed E-state index contributed by atoms with van der Waals surface area (Å²) in [6, 6.07) is 7.48. The van der Waals surface area contributed by atoms with Crippen molar-refractivity contribution in [3.8, 4) is 0 Å². The van der Waals surface area contributed by atoms with Crippen molar-refractivity contribution in [1.29, 1.82) is 0 Å². The Morgan fingerprint density at radius 2 is 2.21 bits per heavy atom. The molecule has 0 bridgehead atoms. The molecule has 3 N–H and O–H groups in total. The minimum absolute atomic E-state index is 0.0216. The second kappa shape index (κ2) is 4.92. The van der Waals surface area contributed by atoms with E-state index in [1.54, 1.807) is 12.1 Å². The van der Waals surface area contributed by atoms with Gasteiger partial charge >= 0.3 is 0 Å². The standard InChI is InChI=1S/C12H16N4O2S/c17-19(18,14-8-9-4-3-7-13-9)12-15-10-5-1-2-6-11(10)16-12/h1-2,5-6,9,13-14H,3-4,7-8H2,(H,15,16)/t9-/m0/s1. The average Bonchev–Trinajstić information content (AvgIpc) is 3.05. The van der Waals surface area contributed by atoms with Gasteiger partial charge in [0.2, 0.25) is 5.16 Å². The van der Waals surface area contributed by atoms with Gasteiger partial charge < -0.3 is 10.3 Å². The van der Waals surface area contributed by atoms with Crippen LogP contribution in [0.15, 0.2) is 29.4 Å². The van der Waals surface area contributed by atoms with Crippen molar-refractivity contribution in [2.45, 2.75) is 24.0 Å². The molecule has 0 saturated carbocycles. The number of hydrogen-bond acceptors (Lipinski definition) is 4. The van der Waals surface area contributed by atoms with Gasteiger partial charge in [-0.25, -0.2) is 18.1 Å². The van der Waals surface area contributed by atoms with Gasteiger partial charge in [-0.1, -0.05) is 12.1 Å². The largest absolute Gasteiger partial charge is 0.328 e. The van der Waals surface area contributed by atoms with Crippen LogP contribution in [-0.2, 0) is 10.0 Å². The maximum Gasteiger partial charge on any atom is 0.274 e. The highest BCUT2D eigenvalue weighted by molar-refractivity contribution is 7.89. The van der Waals surface area contributed by atoms with E-state index in [4.69, 9.17) is 0 Å². The average molecular weight is 280 g/mol. The van der Waals surface area contributed by atoms with Crippen LogP contribution >= 0.6 is 0 Å². The third kappa shape index (κ3) is 2.63. The van der Waals surface area contributed by atoms with E-state index in [0.717, 1.165) is 24.9 Å². The van der Waals surface area contributed by atoms with Gasteiger partial charge in [-0.05, 0) is 31.5 Å². The third-order valence-electron chi connectivity index (χ3n) is 3.30. The van der Waals surface area contributed by atoms with Crippen molar-refractivity contribution in [3.63, 3.8) is 0 Å². The van der Waals surface area contributed by atoms with Crippen LogP contribution in [0.5, 0.6) is 0 Å². The number of fused-ring (bicyclic) bond motifs is 1. The molecule has 0 amide bonds. The van der Waals surface area contributed by atoms with Crippen molar-refractivity contribution in [3.05, 3.63) is 24.3 Å². The van der Waals surface area contributed by atoms with E-state index in [1.807, 2.05) is 12.1 Å². The molecule has 7 heteroatoms. The molecule has 2 aromatic rings. The summed E-state index contributed by atoms with van der Waals surface area (Å²) in [6.07, 6.45) is 2.10. The zero-order valence-corrected chi connectivity index (χ0v) is 11.2. The van der Waals surface area contributed by atoms with Crippen LogP contribution in [0.2, 0.25) is 0 Å². The van der Waals surface area contributed by atoms with Crippen LogP contribution in [0.25, 0.3) is 11.0 Å². The van der Waals surface area contributed by atoms with E-state index in [2.05, 4.69) is 20.0 Å². The summed E-state index contributed by atoms with van der Waals surface area (Å²) in [5.74, 6) is 0. The fourth-order valence-corrected chi connectivity index (χ4v) is 3.29. The molecule has 1 atom stereocenters. The fourth-order valence-electron chi connectivity index (χ4n) is 2.27. The van der Waals surface area contributed by atoms with Crippen LogP contribution in [0.4, 0.5) is 0 Å². The maximum atomic E-state index is 12.1. The minimum Gasteiger partial charge on any atom is -0.328 e. The lowest BCUT2D eigenvalue weighted by molar-refractivity contribution is 0.547. The quantitative estimate of drug-likeness (QED) is 0.765. The molecule has 1 aromatic heterocycles. The topological polar surface area (TPSA) is 86.9 Å². The highest BCUT2D eigenvalue weighted by Gasteiger charge is 2.21. The van der Waals surface area contributed by atoms with E-state index in [-0.39, 0.29) is 11.2 Å². The summed E-state index contributed by atoms with van der Waals surface area (Å²) in [6.45, 7) is 1.36. The fraction of sp³-hybridized carbons (Fsp3) is 0.417. The number of nitrogens with one attached hydrogen (secondary N) is 3. The van der Waals surface area contributed by atoms with E-state index in [1.165, 1.54) is 0 Å². The van der Waals surface area contributed by atoms with Crippen LogP contribution in [0, 0.1) is 0 Å². The lowest BCUT2D eigenvalue weighted by Crippen LogP contribution is -2.37. The van der Waals surface area contributed by atoms with Crippen molar-refractivity contribution < 1.29 is 8.42 Å². The van der Waals surface area contributed by atoms with Crippen LogP contribution in [0.1, 0.15) is 12.8 Å². The molecule has 2 heterocycles. The number of H-pyrrole nitrogens is 1. The Hall–Kier alpha value is -1.44. The third-order valence-corrected chi connectivity index (χ3v) is 4.55. The Kier molecular flexibility index (Phi) is 3.26. The highest BCUT2D eigenvalue weighted by atomic mass is 32.2. The summed E-state index contributed by atoms with van der Waals surface area (Å²) < 4.78 is 26.8. The van der Waals surface area contributed by atoms with Crippen LogP contribution in [0.3, 0.4) is 0 Å². The Bertz CT molecular complexity index is 641. The van der Waals surface area contributed by atoms with Crippen molar-refractivity contribution in [2.24, 2.45) is 0 Å². The Balaban J connectivity index is 1.78. The molecule has 1 aliphatic rings. The molecule has 6 nitrogen and oxygen atoms in total. The number of sulfonamides is 1. The number of aromatic nitrogens is 2. The molecule has 1 saturated heterocycles. The number of hydrogen-bond donors (Lipinski definition) is 3. The summed E-state index contributed by atoms with van der Waals surface area (Å²) in [5.41, 5.74) is 1.38. The van der Waals surface area contributed by atoms with Gasteiger partial charge in [0, 0.05) is 12.6 Å². The summed E-state index contributed by atoms with van der Waals surface area (Å²) in [5, 5.41) is 3.23. The Morgan fingerprint density at radius 3 is 2.95 bits per heavy atom. The first kappa shape index (κ1) is 12.6. The molecule has 0 aliphatic carbocycles. The summed E-state index contributed by atoms with van der Waals surface area (Å²) in [4.78, 5) is 6.93. The molecule has 0 radical (unpaired) electrons. The van der Waals surface area contributed by atoms with Gasteiger partial charge in [0.1, 0.15) is 0 Å². The zero-order chi connectivity index (χ0) is 13.3. The Labute approximate surface area is 111 Å². The van der Waals surface area contributed by atoms with Gasteiger partial charge in [0.15, 0.2) is 0 Å². The molecule has 3 rings (SSSR count). The predicted octanol–water partition coefficient (Wildman–Crippen LogP) is 0.593. The number of rotatable bonds is 4. The molecule has 1 aliphatic heterocycles. The molecule has 102 valence electrons. The Morgan fingerprint density at radius 1 is 1.37 bits per heavy atom. The molecule has 0 spiro atoms. The first-order valence-electron chi connectivity index (χ1n) is 6.33. The van der Waals surface area contributed by atoms with E-state index in [9.17, 15) is 8.42 Å². The van der Waals surface area contributed by atoms with Crippen molar-refractivity contribution in [2.75, 3.05) is 13.1 Å². The van der Waals surface area contributed by atoms with E-state index >= 15 is 0 Å². The number of para-hydroxylation sites is 2. The van der Waals surface area contributed by atoms with Crippen LogP contribution in [-0.4, -0.2) is 37.5 Å². The number of nitrogens with zero attached hydrogens (tertiary/aromatic N) is 1. The zero-order valence-electron chi connectivity index (χ0n) is 10.4. The molecule has 1 fully saturated rings. The maximum absolute atomic E-state index is 12.1. The van der Waals surface area contributed by atoms with E-state index < -0.39 is 10.0 Å². The second-order valence-corrected chi connectivity index (χ2v) is 6.39. The van der Waals surface area contributed by atoms with Crippen molar-refractivity contribution in [1.82, 2.24) is 20.0 Å². The normalized spacial score (nSPS) is 20.1. The van der Waals surface area contributed by atoms with Crippen molar-refractivity contribution >= 4 is 21.1 Å². The summed E-state index contributed by atoms with van der Waals surface area (Å²) >= 11 is 0. The monoisotopic (exact) mass is 280 g/mol. The van der Waals surface area contributed by atoms with Crippen LogP contribution < -0.4 is 10.0 Å². The SMILES string of the molecule is O=S(=O)(NC[C@@H]1CCCN1)c1nc2ccccc2[nH]1. The van der Waals surface area contributed by atoms with Gasteiger partial charge in [-0.3, -0.25) is 0 Å². The molecular formula is C12H16N4O2S. The van der Waals surface area contributed by atoms with E-state index in [0.29, 0.717) is 12.1 Å².